The molecule has 0 saturated carbocycles. The van der Waals surface area contributed by atoms with E-state index in [4.69, 9.17) is 4.74 Å². The normalized spacial score (nSPS) is 11.3. The fourth-order valence-electron chi connectivity index (χ4n) is 2.26. The summed E-state index contributed by atoms with van der Waals surface area (Å²) in [4.78, 5) is 16.5. The van der Waals surface area contributed by atoms with Gasteiger partial charge in [0.1, 0.15) is 17.4 Å². The van der Waals surface area contributed by atoms with Gasteiger partial charge < -0.3 is 10.1 Å². The Morgan fingerprint density at radius 2 is 1.78 bits per heavy atom. The zero-order valence-electron chi connectivity index (χ0n) is 14.2. The number of carbonyl (C=O) groups is 1. The molecule has 4 nitrogen and oxygen atoms in total. The lowest BCUT2D eigenvalue weighted by molar-refractivity contribution is -0.137. The van der Waals surface area contributed by atoms with E-state index in [1.807, 2.05) is 12.3 Å². The summed E-state index contributed by atoms with van der Waals surface area (Å²) in [5.74, 6) is 0.172. The predicted molar refractivity (Wildman–Crippen MR) is 97.0 cm³/mol. The molecule has 3 rings (SSSR count). The number of thiazole rings is 1. The average molecular weight is 392 g/mol. The number of hydrogen-bond donors (Lipinski definition) is 1. The Bertz CT molecular complexity index is 919. The molecule has 0 radical (unpaired) electrons. The van der Waals surface area contributed by atoms with E-state index < -0.39 is 17.6 Å². The molecule has 0 spiro atoms. The summed E-state index contributed by atoms with van der Waals surface area (Å²) in [6.07, 6.45) is -4.41. The van der Waals surface area contributed by atoms with Crippen molar-refractivity contribution in [3.05, 3.63) is 75.7 Å². The first kappa shape index (κ1) is 18.9. The average Bonchev–Trinajstić information content (AvgIpc) is 3.05. The number of aryl methyl sites for hydroxylation is 1. The molecule has 1 heterocycles. The Hall–Kier alpha value is -2.87. The number of nitrogens with zero attached hydrogens (tertiary/aromatic N) is 1. The van der Waals surface area contributed by atoms with E-state index >= 15 is 0 Å². The lowest BCUT2D eigenvalue weighted by Crippen LogP contribution is -2.12. The monoisotopic (exact) mass is 392 g/mol. The number of aromatic nitrogens is 1. The van der Waals surface area contributed by atoms with Crippen LogP contribution in [0.2, 0.25) is 0 Å². The Morgan fingerprint density at radius 3 is 2.33 bits per heavy atom. The zero-order valence-corrected chi connectivity index (χ0v) is 15.0. The Morgan fingerprint density at radius 1 is 1.11 bits per heavy atom. The molecular weight excluding hydrogens is 377 g/mol. The SMILES string of the molecule is Cc1csc(COc2ccc(C(=O)Nc3ccc(C(F)(F)F)cc3)cc2)n1. The molecule has 1 N–H and O–H groups in total. The number of rotatable bonds is 5. The lowest BCUT2D eigenvalue weighted by atomic mass is 10.1. The summed E-state index contributed by atoms with van der Waals surface area (Å²) in [7, 11) is 0. The minimum Gasteiger partial charge on any atom is -0.486 e. The van der Waals surface area contributed by atoms with E-state index in [-0.39, 0.29) is 5.69 Å². The first-order valence-electron chi connectivity index (χ1n) is 7.94. The largest absolute Gasteiger partial charge is 0.486 e. The Kier molecular flexibility index (Phi) is 5.46. The first-order valence-corrected chi connectivity index (χ1v) is 8.82. The summed E-state index contributed by atoms with van der Waals surface area (Å²) in [5.41, 5.74) is 0.825. The number of benzene rings is 2. The van der Waals surface area contributed by atoms with Gasteiger partial charge in [-0.25, -0.2) is 4.98 Å². The molecule has 1 aromatic heterocycles. The lowest BCUT2D eigenvalue weighted by Gasteiger charge is -2.09. The standard InChI is InChI=1S/C19H15F3N2O2S/c1-12-11-27-17(23-12)10-26-16-8-2-13(3-9-16)18(25)24-15-6-4-14(5-7-15)19(20,21)22/h2-9,11H,10H2,1H3,(H,24,25). The molecular formula is C19H15F3N2O2S. The van der Waals surface area contributed by atoms with Crippen molar-refractivity contribution in [3.63, 3.8) is 0 Å². The minimum absolute atomic E-state index is 0.285. The number of alkyl halides is 3. The van der Waals surface area contributed by atoms with Crippen LogP contribution in [0.4, 0.5) is 18.9 Å². The molecule has 140 valence electrons. The van der Waals surface area contributed by atoms with Gasteiger partial charge in [0, 0.05) is 22.3 Å². The van der Waals surface area contributed by atoms with Crippen molar-refractivity contribution in [3.8, 4) is 5.75 Å². The highest BCUT2D eigenvalue weighted by molar-refractivity contribution is 7.09. The van der Waals surface area contributed by atoms with Gasteiger partial charge in [-0.3, -0.25) is 4.79 Å². The number of ether oxygens (including phenoxy) is 1. The van der Waals surface area contributed by atoms with Crippen molar-refractivity contribution in [2.24, 2.45) is 0 Å². The quantitative estimate of drug-likeness (QED) is 0.641. The van der Waals surface area contributed by atoms with E-state index in [1.165, 1.54) is 23.5 Å². The summed E-state index contributed by atoms with van der Waals surface area (Å²) < 4.78 is 43.3. The smallest absolute Gasteiger partial charge is 0.416 e. The van der Waals surface area contributed by atoms with Gasteiger partial charge in [-0.15, -0.1) is 11.3 Å². The number of nitrogens with one attached hydrogen (secondary N) is 1. The van der Waals surface area contributed by atoms with Crippen molar-refractivity contribution < 1.29 is 22.7 Å². The van der Waals surface area contributed by atoms with Crippen LogP contribution in [-0.2, 0) is 12.8 Å². The maximum absolute atomic E-state index is 12.6. The molecule has 0 unspecified atom stereocenters. The molecule has 0 fully saturated rings. The molecule has 8 heteroatoms. The van der Waals surface area contributed by atoms with Crippen LogP contribution in [0, 0.1) is 6.92 Å². The third kappa shape index (κ3) is 5.07. The van der Waals surface area contributed by atoms with Gasteiger partial charge in [-0.2, -0.15) is 13.2 Å². The maximum Gasteiger partial charge on any atom is 0.416 e. The van der Waals surface area contributed by atoms with E-state index in [9.17, 15) is 18.0 Å². The van der Waals surface area contributed by atoms with E-state index in [0.717, 1.165) is 22.8 Å². The van der Waals surface area contributed by atoms with Crippen molar-refractivity contribution in [2.45, 2.75) is 19.7 Å². The number of carbonyl (C=O) groups excluding carboxylic acids is 1. The van der Waals surface area contributed by atoms with Crippen molar-refractivity contribution in [1.82, 2.24) is 4.98 Å². The van der Waals surface area contributed by atoms with Gasteiger partial charge in [0.05, 0.1) is 5.56 Å². The molecule has 0 atom stereocenters. The van der Waals surface area contributed by atoms with Crippen LogP contribution in [-0.4, -0.2) is 10.9 Å². The summed E-state index contributed by atoms with van der Waals surface area (Å²) in [6, 6.07) is 10.8. The fourth-order valence-corrected chi connectivity index (χ4v) is 2.95. The first-order chi connectivity index (χ1) is 12.8. The van der Waals surface area contributed by atoms with Crippen LogP contribution in [0.5, 0.6) is 5.75 Å². The van der Waals surface area contributed by atoms with Gasteiger partial charge in [-0.1, -0.05) is 0 Å². The van der Waals surface area contributed by atoms with Crippen LogP contribution in [0.1, 0.15) is 26.6 Å². The van der Waals surface area contributed by atoms with Crippen molar-refractivity contribution >= 4 is 22.9 Å². The van der Waals surface area contributed by atoms with E-state index in [0.29, 0.717) is 17.9 Å². The topological polar surface area (TPSA) is 51.2 Å². The van der Waals surface area contributed by atoms with Crippen molar-refractivity contribution in [1.29, 1.82) is 0 Å². The van der Waals surface area contributed by atoms with Crippen LogP contribution >= 0.6 is 11.3 Å². The maximum atomic E-state index is 12.6. The van der Waals surface area contributed by atoms with Crippen LogP contribution in [0.25, 0.3) is 0 Å². The van der Waals surface area contributed by atoms with Crippen LogP contribution in [0.3, 0.4) is 0 Å². The summed E-state index contributed by atoms with van der Waals surface area (Å²) in [6.45, 7) is 2.25. The van der Waals surface area contributed by atoms with E-state index in [2.05, 4.69) is 10.3 Å². The minimum atomic E-state index is -4.41. The Balaban J connectivity index is 1.58. The highest BCUT2D eigenvalue weighted by atomic mass is 32.1. The number of anilines is 1. The molecule has 1 amide bonds. The molecule has 0 aliphatic rings. The third-order valence-electron chi connectivity index (χ3n) is 3.62. The second-order valence-corrected chi connectivity index (χ2v) is 6.67. The highest BCUT2D eigenvalue weighted by Gasteiger charge is 2.29. The third-order valence-corrected chi connectivity index (χ3v) is 4.56. The molecule has 0 bridgehead atoms. The van der Waals surface area contributed by atoms with Gasteiger partial charge in [-0.05, 0) is 55.5 Å². The molecule has 2 aromatic carbocycles. The second-order valence-electron chi connectivity index (χ2n) is 5.72. The highest BCUT2D eigenvalue weighted by Crippen LogP contribution is 2.29. The number of hydrogen-bond acceptors (Lipinski definition) is 4. The summed E-state index contributed by atoms with van der Waals surface area (Å²) >= 11 is 1.51. The molecule has 0 saturated heterocycles. The summed E-state index contributed by atoms with van der Waals surface area (Å²) in [5, 5.41) is 5.36. The Labute approximate surface area is 157 Å². The molecule has 3 aromatic rings. The van der Waals surface area contributed by atoms with Crippen LogP contribution in [0.15, 0.2) is 53.9 Å². The second kappa shape index (κ2) is 7.79. The molecule has 0 aliphatic carbocycles. The van der Waals surface area contributed by atoms with Crippen molar-refractivity contribution in [2.75, 3.05) is 5.32 Å². The van der Waals surface area contributed by atoms with Gasteiger partial charge in [0.2, 0.25) is 0 Å². The van der Waals surface area contributed by atoms with Gasteiger partial charge in [0.15, 0.2) is 0 Å². The number of amides is 1. The molecule has 27 heavy (non-hydrogen) atoms. The van der Waals surface area contributed by atoms with E-state index in [1.54, 1.807) is 24.3 Å². The van der Waals surface area contributed by atoms with Gasteiger partial charge >= 0.3 is 6.18 Å². The zero-order chi connectivity index (χ0) is 19.4. The van der Waals surface area contributed by atoms with Crippen LogP contribution < -0.4 is 10.1 Å². The fraction of sp³-hybridized carbons (Fsp3) is 0.158. The predicted octanol–water partition coefficient (Wildman–Crippen LogP) is 5.30. The molecule has 0 aliphatic heterocycles. The van der Waals surface area contributed by atoms with Gasteiger partial charge in [0.25, 0.3) is 5.91 Å². The number of halogens is 3.